The summed E-state index contributed by atoms with van der Waals surface area (Å²) in [5.74, 6) is 0. The van der Waals surface area contributed by atoms with Crippen LogP contribution in [-0.2, 0) is 0 Å². The van der Waals surface area contributed by atoms with Crippen molar-refractivity contribution in [2.45, 2.75) is 13.8 Å². The van der Waals surface area contributed by atoms with Crippen LogP contribution in [0.4, 0.5) is 0 Å². The van der Waals surface area contributed by atoms with Crippen molar-refractivity contribution in [3.63, 3.8) is 0 Å². The molecule has 0 radical (unpaired) electrons. The fourth-order valence-corrected chi connectivity index (χ4v) is 0.669. The van der Waals surface area contributed by atoms with E-state index in [0.717, 1.165) is 5.57 Å². The molecule has 0 bridgehead atoms. The van der Waals surface area contributed by atoms with Crippen molar-refractivity contribution in [1.29, 1.82) is 0 Å². The molecule has 0 fully saturated rings. The Kier molecular flexibility index (Phi) is 4.59. The second-order valence-electron chi connectivity index (χ2n) is 2.36. The predicted octanol–water partition coefficient (Wildman–Crippen LogP) is 2.06. The maximum atomic E-state index is 8.75. The number of rotatable bonds is 3. The van der Waals surface area contributed by atoms with Crippen LogP contribution in [0.2, 0.25) is 0 Å². The highest BCUT2D eigenvalue weighted by Gasteiger charge is 1.86. The average Bonchev–Trinajstić information content (AvgIpc) is 1.86. The van der Waals surface area contributed by atoms with Crippen molar-refractivity contribution >= 4 is 0 Å². The monoisotopic (exact) mass is 138 g/mol. The van der Waals surface area contributed by atoms with Gasteiger partial charge in [0.05, 0.1) is 6.61 Å². The third-order valence-electron chi connectivity index (χ3n) is 0.989. The van der Waals surface area contributed by atoms with E-state index in [4.69, 9.17) is 5.11 Å². The Labute approximate surface area is 62.4 Å². The van der Waals surface area contributed by atoms with Gasteiger partial charge in [0.25, 0.3) is 0 Å². The van der Waals surface area contributed by atoms with Gasteiger partial charge in [-0.3, -0.25) is 0 Å². The highest BCUT2D eigenvalue weighted by Crippen LogP contribution is 2.00. The molecule has 56 valence electrons. The van der Waals surface area contributed by atoms with Gasteiger partial charge in [-0.05, 0) is 19.4 Å². The molecule has 0 aliphatic rings. The van der Waals surface area contributed by atoms with Crippen LogP contribution < -0.4 is 0 Å². The van der Waals surface area contributed by atoms with Crippen molar-refractivity contribution in [2.75, 3.05) is 6.61 Å². The molecule has 1 N–H and O–H groups in total. The second-order valence-corrected chi connectivity index (χ2v) is 2.36. The van der Waals surface area contributed by atoms with Crippen LogP contribution in [0.1, 0.15) is 13.8 Å². The number of allylic oxidation sites excluding steroid dienone is 3. The molecular formula is C9H14O. The van der Waals surface area contributed by atoms with Crippen molar-refractivity contribution in [3.05, 3.63) is 36.0 Å². The van der Waals surface area contributed by atoms with Crippen molar-refractivity contribution in [1.82, 2.24) is 0 Å². The van der Waals surface area contributed by atoms with Gasteiger partial charge in [-0.2, -0.15) is 0 Å². The Balaban J connectivity index is 4.22. The molecule has 0 aromatic rings. The Bertz CT molecular complexity index is 157. The zero-order valence-corrected chi connectivity index (χ0v) is 6.59. The van der Waals surface area contributed by atoms with Crippen LogP contribution in [0.15, 0.2) is 36.0 Å². The summed E-state index contributed by atoms with van der Waals surface area (Å²) < 4.78 is 0. The first-order valence-electron chi connectivity index (χ1n) is 3.28. The van der Waals surface area contributed by atoms with E-state index < -0.39 is 0 Å². The second kappa shape index (κ2) is 5.00. The fraction of sp³-hybridized carbons (Fsp3) is 0.333. The number of aliphatic hydroxyl groups is 1. The van der Waals surface area contributed by atoms with Gasteiger partial charge in [-0.15, -0.1) is 0 Å². The lowest BCUT2D eigenvalue weighted by Crippen LogP contribution is -1.85. The summed E-state index contributed by atoms with van der Waals surface area (Å²) in [7, 11) is 0. The Morgan fingerprint density at radius 3 is 2.40 bits per heavy atom. The minimum atomic E-state index is 0.0806. The van der Waals surface area contributed by atoms with Crippen LogP contribution in [-0.4, -0.2) is 11.7 Å². The molecule has 1 heteroatoms. The molecule has 0 heterocycles. The van der Waals surface area contributed by atoms with Crippen LogP contribution in [0.3, 0.4) is 0 Å². The smallest absolute Gasteiger partial charge is 0.0681 e. The standard InChI is InChI=1S/C9H14O/c1-4-5-9(7-10)6-8(2)3/h4-6,10H,1,7H2,2-3H3. The minimum Gasteiger partial charge on any atom is -0.392 e. The molecule has 0 aromatic carbocycles. The maximum Gasteiger partial charge on any atom is 0.0681 e. The Morgan fingerprint density at radius 2 is 2.10 bits per heavy atom. The molecule has 1 nitrogen and oxygen atoms in total. The largest absolute Gasteiger partial charge is 0.392 e. The molecule has 0 unspecified atom stereocenters. The molecule has 0 atom stereocenters. The molecule has 0 aliphatic carbocycles. The molecule has 0 spiro atoms. The zero-order valence-electron chi connectivity index (χ0n) is 6.59. The summed E-state index contributed by atoms with van der Waals surface area (Å²) in [6.07, 6.45) is 5.40. The molecule has 0 saturated heterocycles. The maximum absolute atomic E-state index is 8.75. The van der Waals surface area contributed by atoms with E-state index in [1.54, 1.807) is 12.2 Å². The zero-order chi connectivity index (χ0) is 7.98. The summed E-state index contributed by atoms with van der Waals surface area (Å²) >= 11 is 0. The summed E-state index contributed by atoms with van der Waals surface area (Å²) in [4.78, 5) is 0. The van der Waals surface area contributed by atoms with Crippen LogP contribution in [0, 0.1) is 0 Å². The van der Waals surface area contributed by atoms with Crippen molar-refractivity contribution < 1.29 is 5.11 Å². The van der Waals surface area contributed by atoms with Gasteiger partial charge in [0.2, 0.25) is 0 Å². The molecule has 0 amide bonds. The molecule has 0 rings (SSSR count). The SMILES string of the molecule is C=CC=C(C=C(C)C)CO. The van der Waals surface area contributed by atoms with Crippen molar-refractivity contribution in [3.8, 4) is 0 Å². The molecule has 0 saturated carbocycles. The molecular weight excluding hydrogens is 124 g/mol. The summed E-state index contributed by atoms with van der Waals surface area (Å²) in [6.45, 7) is 7.60. The van der Waals surface area contributed by atoms with Gasteiger partial charge in [0.1, 0.15) is 0 Å². The van der Waals surface area contributed by atoms with Gasteiger partial charge in [0, 0.05) is 0 Å². The average molecular weight is 138 g/mol. The topological polar surface area (TPSA) is 20.2 Å². The summed E-state index contributed by atoms with van der Waals surface area (Å²) in [6, 6.07) is 0. The van der Waals surface area contributed by atoms with Gasteiger partial charge < -0.3 is 5.11 Å². The van der Waals surface area contributed by atoms with E-state index in [1.165, 1.54) is 5.57 Å². The molecule has 0 aliphatic heterocycles. The Morgan fingerprint density at radius 1 is 1.50 bits per heavy atom. The number of aliphatic hydroxyl groups excluding tert-OH is 1. The van der Waals surface area contributed by atoms with E-state index in [-0.39, 0.29) is 6.61 Å². The van der Waals surface area contributed by atoms with Crippen LogP contribution >= 0.6 is 0 Å². The Hall–Kier alpha value is -0.820. The first-order valence-corrected chi connectivity index (χ1v) is 3.28. The van der Waals surface area contributed by atoms with Gasteiger partial charge in [0.15, 0.2) is 0 Å². The summed E-state index contributed by atoms with van der Waals surface area (Å²) in [5, 5.41) is 8.75. The third-order valence-corrected chi connectivity index (χ3v) is 0.989. The highest BCUT2D eigenvalue weighted by atomic mass is 16.3. The van der Waals surface area contributed by atoms with E-state index >= 15 is 0 Å². The van der Waals surface area contributed by atoms with Gasteiger partial charge in [-0.25, -0.2) is 0 Å². The third kappa shape index (κ3) is 4.10. The van der Waals surface area contributed by atoms with E-state index in [0.29, 0.717) is 0 Å². The number of hydrogen-bond donors (Lipinski definition) is 1. The lowest BCUT2D eigenvalue weighted by Gasteiger charge is -1.94. The first-order chi connectivity index (χ1) is 4.70. The van der Waals surface area contributed by atoms with Crippen molar-refractivity contribution in [2.24, 2.45) is 0 Å². The van der Waals surface area contributed by atoms with Gasteiger partial charge in [-0.1, -0.05) is 30.4 Å². The highest BCUT2D eigenvalue weighted by molar-refractivity contribution is 5.25. The van der Waals surface area contributed by atoms with E-state index in [1.807, 2.05) is 19.9 Å². The fourth-order valence-electron chi connectivity index (χ4n) is 0.669. The predicted molar refractivity (Wildman–Crippen MR) is 44.8 cm³/mol. The summed E-state index contributed by atoms with van der Waals surface area (Å²) in [5.41, 5.74) is 2.08. The van der Waals surface area contributed by atoms with Crippen LogP contribution in [0.5, 0.6) is 0 Å². The normalized spacial score (nSPS) is 10.9. The minimum absolute atomic E-state index is 0.0806. The van der Waals surface area contributed by atoms with E-state index in [9.17, 15) is 0 Å². The van der Waals surface area contributed by atoms with Crippen LogP contribution in [0.25, 0.3) is 0 Å². The van der Waals surface area contributed by atoms with Gasteiger partial charge >= 0.3 is 0 Å². The lowest BCUT2D eigenvalue weighted by atomic mass is 10.2. The quantitative estimate of drug-likeness (QED) is 0.592. The number of hydrogen-bond acceptors (Lipinski definition) is 1. The molecule has 0 aromatic heterocycles. The molecule has 10 heavy (non-hydrogen) atoms. The lowest BCUT2D eigenvalue weighted by molar-refractivity contribution is 0.335. The van der Waals surface area contributed by atoms with E-state index in [2.05, 4.69) is 6.58 Å². The first kappa shape index (κ1) is 9.18.